The summed E-state index contributed by atoms with van der Waals surface area (Å²) >= 11 is 0.975. The third-order valence-corrected chi connectivity index (χ3v) is 4.79. The van der Waals surface area contributed by atoms with E-state index in [0.717, 1.165) is 16.2 Å². The highest BCUT2D eigenvalue weighted by molar-refractivity contribution is 7.19. The molecule has 4 rings (SSSR count). The van der Waals surface area contributed by atoms with Gasteiger partial charge < -0.3 is 4.74 Å². The van der Waals surface area contributed by atoms with Crippen molar-refractivity contribution in [3.8, 4) is 5.75 Å². The van der Waals surface area contributed by atoms with E-state index in [4.69, 9.17) is 4.74 Å². The first-order valence-corrected chi connectivity index (χ1v) is 8.35. The van der Waals surface area contributed by atoms with Crippen LogP contribution in [-0.2, 0) is 0 Å². The van der Waals surface area contributed by atoms with Crippen LogP contribution in [0.25, 0.3) is 4.96 Å². The molecule has 0 aliphatic carbocycles. The number of anilines is 1. The normalized spacial score (nSPS) is 13.6. The monoisotopic (exact) mass is 356 g/mol. The number of nitrogens with zero attached hydrogens (tertiary/aromatic N) is 4. The van der Waals surface area contributed by atoms with Gasteiger partial charge in [0.2, 0.25) is 4.96 Å². The largest absolute Gasteiger partial charge is 0.492 e. The van der Waals surface area contributed by atoms with Gasteiger partial charge in [-0.2, -0.15) is 14.6 Å². The quantitative estimate of drug-likeness (QED) is 0.663. The highest BCUT2D eigenvalue weighted by atomic mass is 32.1. The highest BCUT2D eigenvalue weighted by Crippen LogP contribution is 2.37. The SMILES string of the molecule is CCOc1ccccc1N1C(=O)c2sc3nc(=O)c(C)nn3c2C1=O. The van der Waals surface area contributed by atoms with E-state index in [1.807, 2.05) is 6.92 Å². The zero-order valence-corrected chi connectivity index (χ0v) is 14.2. The van der Waals surface area contributed by atoms with E-state index >= 15 is 0 Å². The maximum Gasteiger partial charge on any atom is 0.295 e. The standard InChI is InChI=1S/C16H12N4O4S/c1-3-24-10-7-5-4-6-9(10)19-14(22)11-12(15(19)23)25-16-17-13(21)8(2)18-20(11)16/h4-7H,3H2,1-2H3. The predicted octanol–water partition coefficient (Wildman–Crippen LogP) is 1.66. The van der Waals surface area contributed by atoms with E-state index in [-0.39, 0.29) is 21.2 Å². The topological polar surface area (TPSA) is 93.9 Å². The lowest BCUT2D eigenvalue weighted by atomic mass is 10.2. The van der Waals surface area contributed by atoms with Gasteiger partial charge in [0, 0.05) is 0 Å². The number of hydrogen-bond acceptors (Lipinski definition) is 7. The number of aromatic nitrogens is 3. The first-order valence-electron chi connectivity index (χ1n) is 7.54. The minimum atomic E-state index is -0.518. The molecule has 9 heteroatoms. The lowest BCUT2D eigenvalue weighted by Crippen LogP contribution is -2.31. The second kappa shape index (κ2) is 5.49. The number of carbonyl (C=O) groups is 2. The number of imide groups is 1. The number of ether oxygens (including phenoxy) is 1. The van der Waals surface area contributed by atoms with Crippen molar-refractivity contribution in [1.29, 1.82) is 0 Å². The van der Waals surface area contributed by atoms with Crippen molar-refractivity contribution in [3.63, 3.8) is 0 Å². The molecule has 1 aliphatic rings. The van der Waals surface area contributed by atoms with Crippen LogP contribution in [0.15, 0.2) is 29.1 Å². The summed E-state index contributed by atoms with van der Waals surface area (Å²) in [6, 6.07) is 6.84. The van der Waals surface area contributed by atoms with E-state index in [0.29, 0.717) is 18.0 Å². The molecule has 0 saturated heterocycles. The van der Waals surface area contributed by atoms with Crippen molar-refractivity contribution >= 4 is 33.8 Å². The Labute approximate surface area is 145 Å². The molecule has 3 heterocycles. The highest BCUT2D eigenvalue weighted by Gasteiger charge is 2.42. The van der Waals surface area contributed by atoms with Crippen molar-refractivity contribution in [2.75, 3.05) is 11.5 Å². The minimum Gasteiger partial charge on any atom is -0.492 e. The van der Waals surface area contributed by atoms with Gasteiger partial charge in [-0.3, -0.25) is 14.4 Å². The molecule has 0 N–H and O–H groups in total. The Balaban J connectivity index is 1.90. The lowest BCUT2D eigenvalue weighted by molar-refractivity contribution is 0.0923. The van der Waals surface area contributed by atoms with Gasteiger partial charge in [0.05, 0.1) is 12.3 Å². The van der Waals surface area contributed by atoms with Crippen LogP contribution in [0.2, 0.25) is 0 Å². The molecule has 1 aliphatic heterocycles. The van der Waals surface area contributed by atoms with Crippen LogP contribution in [0.3, 0.4) is 0 Å². The Morgan fingerprint density at radius 1 is 1.16 bits per heavy atom. The van der Waals surface area contributed by atoms with E-state index in [2.05, 4.69) is 10.1 Å². The molecule has 0 spiro atoms. The van der Waals surface area contributed by atoms with Gasteiger partial charge in [0.1, 0.15) is 16.3 Å². The van der Waals surface area contributed by atoms with Gasteiger partial charge in [-0.25, -0.2) is 4.90 Å². The summed E-state index contributed by atoms with van der Waals surface area (Å²) in [4.78, 5) is 42.8. The summed E-state index contributed by atoms with van der Waals surface area (Å²) in [5.41, 5.74) is 0.179. The molecular formula is C16H12N4O4S. The number of aryl methyl sites for hydroxylation is 1. The molecule has 1 aromatic carbocycles. The maximum atomic E-state index is 12.9. The number of benzene rings is 1. The predicted molar refractivity (Wildman–Crippen MR) is 90.6 cm³/mol. The van der Waals surface area contributed by atoms with Crippen LogP contribution in [0, 0.1) is 6.92 Å². The van der Waals surface area contributed by atoms with Crippen molar-refractivity contribution in [3.05, 3.63) is 50.9 Å². The number of amides is 2. The van der Waals surface area contributed by atoms with E-state index < -0.39 is 17.4 Å². The Morgan fingerprint density at radius 2 is 1.92 bits per heavy atom. The molecular weight excluding hydrogens is 344 g/mol. The Morgan fingerprint density at radius 3 is 2.68 bits per heavy atom. The van der Waals surface area contributed by atoms with Crippen molar-refractivity contribution in [1.82, 2.24) is 14.6 Å². The fraction of sp³-hybridized carbons (Fsp3) is 0.188. The average Bonchev–Trinajstić information content (AvgIpc) is 3.06. The molecule has 8 nitrogen and oxygen atoms in total. The number of para-hydroxylation sites is 2. The number of carbonyl (C=O) groups excluding carboxylic acids is 2. The number of rotatable bonds is 3. The fourth-order valence-corrected chi connectivity index (χ4v) is 3.65. The molecule has 25 heavy (non-hydrogen) atoms. The Kier molecular flexibility index (Phi) is 3.39. The number of thiazole rings is 1. The maximum absolute atomic E-state index is 12.9. The summed E-state index contributed by atoms with van der Waals surface area (Å²) in [7, 11) is 0. The van der Waals surface area contributed by atoms with Crippen LogP contribution >= 0.6 is 11.3 Å². The first kappa shape index (κ1) is 15.5. The zero-order valence-electron chi connectivity index (χ0n) is 13.3. The smallest absolute Gasteiger partial charge is 0.295 e. The third kappa shape index (κ3) is 2.16. The molecule has 0 bridgehead atoms. The summed E-state index contributed by atoms with van der Waals surface area (Å²) in [5, 5.41) is 4.10. The number of fused-ring (bicyclic) bond motifs is 3. The molecule has 2 aromatic heterocycles. The molecule has 0 radical (unpaired) electrons. The Bertz CT molecular complexity index is 1100. The van der Waals surface area contributed by atoms with Crippen LogP contribution in [0.4, 0.5) is 5.69 Å². The zero-order chi connectivity index (χ0) is 17.7. The third-order valence-electron chi connectivity index (χ3n) is 3.77. The van der Waals surface area contributed by atoms with Crippen molar-refractivity contribution < 1.29 is 14.3 Å². The van der Waals surface area contributed by atoms with Crippen LogP contribution in [0.5, 0.6) is 5.75 Å². The van der Waals surface area contributed by atoms with Gasteiger partial charge in [-0.05, 0) is 26.0 Å². The van der Waals surface area contributed by atoms with E-state index in [1.54, 1.807) is 24.3 Å². The molecule has 126 valence electrons. The second-order valence-electron chi connectivity index (χ2n) is 5.32. The molecule has 2 amide bonds. The van der Waals surface area contributed by atoms with Gasteiger partial charge >= 0.3 is 0 Å². The number of hydrogen-bond donors (Lipinski definition) is 0. The molecule has 0 unspecified atom stereocenters. The van der Waals surface area contributed by atoms with E-state index in [1.165, 1.54) is 11.4 Å². The molecule has 0 fully saturated rings. The van der Waals surface area contributed by atoms with Crippen molar-refractivity contribution in [2.45, 2.75) is 13.8 Å². The van der Waals surface area contributed by atoms with Gasteiger partial charge in [-0.15, -0.1) is 0 Å². The van der Waals surface area contributed by atoms with Gasteiger partial charge in [-0.1, -0.05) is 23.5 Å². The summed E-state index contributed by atoms with van der Waals surface area (Å²) in [6.45, 7) is 3.74. The fourth-order valence-electron chi connectivity index (χ4n) is 2.67. The molecule has 0 atom stereocenters. The van der Waals surface area contributed by atoms with Crippen LogP contribution in [0.1, 0.15) is 32.8 Å². The van der Waals surface area contributed by atoms with Gasteiger partial charge in [0.25, 0.3) is 17.4 Å². The van der Waals surface area contributed by atoms with Crippen molar-refractivity contribution in [2.24, 2.45) is 0 Å². The summed E-state index contributed by atoms with van der Waals surface area (Å²) in [6.07, 6.45) is 0. The lowest BCUT2D eigenvalue weighted by Gasteiger charge is -2.17. The van der Waals surface area contributed by atoms with Crippen LogP contribution < -0.4 is 15.2 Å². The summed E-state index contributed by atoms with van der Waals surface area (Å²) < 4.78 is 6.79. The average molecular weight is 356 g/mol. The van der Waals surface area contributed by atoms with Gasteiger partial charge in [0.15, 0.2) is 5.69 Å². The molecule has 0 saturated carbocycles. The van der Waals surface area contributed by atoms with Crippen LogP contribution in [-0.4, -0.2) is 33.0 Å². The Hall–Kier alpha value is -3.07. The first-order chi connectivity index (χ1) is 12.0. The summed E-state index contributed by atoms with van der Waals surface area (Å²) in [5.74, 6) is -0.550. The molecule has 3 aromatic rings. The van der Waals surface area contributed by atoms with E-state index in [9.17, 15) is 14.4 Å². The second-order valence-corrected chi connectivity index (χ2v) is 6.30. The minimum absolute atomic E-state index is 0.118.